The van der Waals surface area contributed by atoms with E-state index in [2.05, 4.69) is 15.8 Å². The number of hydrogen-bond donors (Lipinski definition) is 3. The number of anilines is 1. The summed E-state index contributed by atoms with van der Waals surface area (Å²) in [4.78, 5) is 90.3. The van der Waals surface area contributed by atoms with E-state index in [9.17, 15) is 33.9 Å². The average Bonchev–Trinajstić information content (AvgIpc) is 3.77. The maximum absolute atomic E-state index is 14.6. The van der Waals surface area contributed by atoms with Gasteiger partial charge < -0.3 is 34.8 Å². The van der Waals surface area contributed by atoms with Gasteiger partial charge in [-0.3, -0.25) is 24.1 Å². The minimum Gasteiger partial charge on any atom is -0.477 e. The van der Waals surface area contributed by atoms with Crippen molar-refractivity contribution in [2.75, 3.05) is 16.9 Å². The topological polar surface area (TPSA) is 212 Å². The maximum Gasteiger partial charge on any atom is 0.361 e. The first kappa shape index (κ1) is 49.2. The zero-order valence-corrected chi connectivity index (χ0v) is 40.3. The Hall–Kier alpha value is -6.67. The van der Waals surface area contributed by atoms with Crippen LogP contribution < -0.4 is 20.1 Å². The number of hydrogen-bond acceptors (Lipinski definition) is 16. The van der Waals surface area contributed by atoms with Crippen LogP contribution in [0.4, 0.5) is 5.13 Å². The number of β-lactam (4-membered cyclic amide) rings is 1. The van der Waals surface area contributed by atoms with E-state index in [-0.39, 0.29) is 39.4 Å². The Labute approximate surface area is 408 Å². The highest BCUT2D eigenvalue weighted by atomic mass is 35.5. The number of carbonyl (C=O) groups is 6. The Kier molecular flexibility index (Phi) is 15.3. The Morgan fingerprint density at radius 1 is 0.882 bits per heavy atom. The van der Waals surface area contributed by atoms with Crippen LogP contribution >= 0.6 is 46.5 Å². The fourth-order valence-corrected chi connectivity index (χ4v) is 10.5. The van der Waals surface area contributed by atoms with E-state index >= 15 is 0 Å². The Balaban J connectivity index is 1.29. The molecule has 1 aromatic heterocycles. The highest BCUT2D eigenvalue weighted by molar-refractivity contribution is 8.00. The molecule has 352 valence electrons. The quantitative estimate of drug-likeness (QED) is 0.00945. The van der Waals surface area contributed by atoms with Crippen molar-refractivity contribution in [1.29, 1.82) is 0 Å². The highest BCUT2D eigenvalue weighted by Crippen LogP contribution is 2.43. The molecule has 0 bridgehead atoms. The molecule has 0 unspecified atom stereocenters. The largest absolute Gasteiger partial charge is 0.477 e. The molecule has 2 aliphatic heterocycles. The zero-order chi connectivity index (χ0) is 48.8. The summed E-state index contributed by atoms with van der Waals surface area (Å²) in [5.41, 5.74) is -1.33. The number of alkyl halides is 1. The zero-order valence-electron chi connectivity index (χ0n) is 37.1. The molecule has 1 fully saturated rings. The predicted octanol–water partition coefficient (Wildman–Crippen LogP) is 7.56. The first-order valence-electron chi connectivity index (χ1n) is 20.8. The molecule has 4 aromatic carbocycles. The number of aliphatic carboxylic acids is 1. The van der Waals surface area contributed by atoms with Gasteiger partial charge in [0.25, 0.3) is 17.3 Å². The number of oxime groups is 1. The van der Waals surface area contributed by atoms with Gasteiger partial charge in [-0.2, -0.15) is 0 Å². The van der Waals surface area contributed by atoms with Crippen molar-refractivity contribution in [2.24, 2.45) is 5.16 Å². The Morgan fingerprint density at radius 2 is 1.46 bits per heavy atom. The van der Waals surface area contributed by atoms with E-state index in [0.29, 0.717) is 10.7 Å². The number of fused-ring (bicyclic) bond motifs is 1. The molecule has 0 radical (unpaired) electrons. The van der Waals surface area contributed by atoms with Crippen LogP contribution in [0.2, 0.25) is 0 Å². The van der Waals surface area contributed by atoms with Crippen molar-refractivity contribution < 1.29 is 52.9 Å². The summed E-state index contributed by atoms with van der Waals surface area (Å²) in [6.45, 7) is 7.29. The summed E-state index contributed by atoms with van der Waals surface area (Å²) in [6.07, 6.45) is 0. The number of halogens is 1. The maximum atomic E-state index is 14.6. The van der Waals surface area contributed by atoms with Gasteiger partial charge in [0.1, 0.15) is 33.9 Å². The van der Waals surface area contributed by atoms with Crippen molar-refractivity contribution >= 4 is 93.0 Å². The van der Waals surface area contributed by atoms with E-state index in [0.717, 1.165) is 51.6 Å². The number of nitrogens with one attached hydrogen (secondary N) is 2. The summed E-state index contributed by atoms with van der Waals surface area (Å²) in [5, 5.41) is 21.7. The third-order valence-corrected chi connectivity index (χ3v) is 13.5. The number of nitrogens with zero attached hydrogens (tertiary/aromatic N) is 3. The summed E-state index contributed by atoms with van der Waals surface area (Å²) < 4.78 is 16.2. The Morgan fingerprint density at radius 3 is 1.99 bits per heavy atom. The second-order valence-corrected chi connectivity index (χ2v) is 19.5. The summed E-state index contributed by atoms with van der Waals surface area (Å²) in [6, 6.07) is 32.3. The van der Waals surface area contributed by atoms with Gasteiger partial charge in [-0.1, -0.05) is 108 Å². The summed E-state index contributed by atoms with van der Waals surface area (Å²) in [5.74, 6) is -5.30. The van der Waals surface area contributed by atoms with E-state index in [1.165, 1.54) is 36.9 Å². The van der Waals surface area contributed by atoms with Gasteiger partial charge in [0.2, 0.25) is 0 Å². The fraction of sp³-hybridized carbons (Fsp3) is 0.250. The molecular formula is C48H44ClN5O11S3. The Bertz CT molecular complexity index is 2690. The van der Waals surface area contributed by atoms with Crippen LogP contribution in [0, 0.1) is 0 Å². The number of carbonyl (C=O) groups excluding carboxylic acids is 5. The molecule has 3 heterocycles. The lowest BCUT2D eigenvalue weighted by Crippen LogP contribution is -2.71. The summed E-state index contributed by atoms with van der Waals surface area (Å²) in [7, 11) is 0. The lowest BCUT2D eigenvalue weighted by atomic mass is 9.77. The minimum atomic E-state index is -1.62. The molecule has 2 amide bonds. The minimum absolute atomic E-state index is 0.00984. The van der Waals surface area contributed by atoms with Crippen LogP contribution in [0.25, 0.3) is 0 Å². The number of rotatable bonds is 17. The molecule has 3 N–H and O–H groups in total. The second-order valence-electron chi connectivity index (χ2n) is 16.1. The number of aromatic nitrogens is 1. The number of thiazole rings is 1. The molecule has 1 saturated heterocycles. The van der Waals surface area contributed by atoms with Gasteiger partial charge in [-0.15, -0.1) is 34.7 Å². The van der Waals surface area contributed by atoms with Gasteiger partial charge in [0, 0.05) is 35.8 Å². The van der Waals surface area contributed by atoms with Crippen molar-refractivity contribution in [2.45, 2.75) is 67.5 Å². The van der Waals surface area contributed by atoms with Crippen LogP contribution in [-0.4, -0.2) is 90.5 Å². The normalized spacial score (nSPS) is 16.4. The molecule has 2 aliphatic rings. The molecule has 0 spiro atoms. The molecule has 7 rings (SSSR count). The number of benzene rings is 4. The van der Waals surface area contributed by atoms with E-state index in [1.807, 2.05) is 91.0 Å². The number of thioether (sulfide) groups is 2. The van der Waals surface area contributed by atoms with Crippen molar-refractivity contribution in [3.05, 3.63) is 148 Å². The van der Waals surface area contributed by atoms with Gasteiger partial charge in [0.05, 0.1) is 0 Å². The molecule has 20 heteroatoms. The van der Waals surface area contributed by atoms with Crippen LogP contribution in [-0.2, 0) is 43.9 Å². The molecule has 3 atom stereocenters. The fourth-order valence-electron chi connectivity index (χ4n) is 7.30. The molecule has 0 saturated carbocycles. The number of esters is 3. The van der Waals surface area contributed by atoms with E-state index in [4.69, 9.17) is 35.6 Å². The van der Waals surface area contributed by atoms with Gasteiger partial charge in [0.15, 0.2) is 22.3 Å². The highest BCUT2D eigenvalue weighted by Gasteiger charge is 2.54. The average molecular weight is 999 g/mol. The standard InChI is InChI=1S/C48H44ClN5O11S3/c1-27(55)62-35-22-21-33(23-36(35)63-28(2)56)68-45(44(61)64-47(3,4)5)65-53-37(40(57)51-38-41(58)54-39(43(59)60)29(24-49)25-66-42(38)54)34-26-67-46(50-34)52-48(30-15-9-6-10-16-30,31-17-11-7-12-18-31)32-19-13-8-14-20-32/h6-23,26,38,42,45H,24-25H2,1-5H3,(H,50,52)(H,51,57)(H,59,60)/t38-,42+,45-/m1/s1. The predicted molar refractivity (Wildman–Crippen MR) is 258 cm³/mol. The van der Waals surface area contributed by atoms with E-state index < -0.39 is 69.4 Å². The SMILES string of the molecule is CC(=O)Oc1ccc(S[C@@H](ON=C(C(=O)N[C@@H]2C(=O)N3C(C(=O)O)=C(CCl)CS[C@@H]23)c2csc(NC(c3ccccc3)(c3ccccc3)c3ccccc3)n2)C(=O)OC(C)(C)C)cc1OC(C)=O. The van der Waals surface area contributed by atoms with Crippen molar-refractivity contribution in [3.63, 3.8) is 0 Å². The number of ether oxygens (including phenoxy) is 3. The number of carboxylic acids is 1. The third-order valence-electron chi connectivity index (χ3n) is 10.1. The van der Waals surface area contributed by atoms with Gasteiger partial charge in [-0.05, 0) is 61.2 Å². The molecular weight excluding hydrogens is 954 g/mol. The molecule has 16 nitrogen and oxygen atoms in total. The lowest BCUT2D eigenvalue weighted by Gasteiger charge is -2.49. The second kappa shape index (κ2) is 21.1. The van der Waals surface area contributed by atoms with Crippen molar-refractivity contribution in [1.82, 2.24) is 15.2 Å². The molecule has 5 aromatic rings. The van der Waals surface area contributed by atoms with Crippen LogP contribution in [0.5, 0.6) is 11.5 Å². The van der Waals surface area contributed by atoms with E-state index in [1.54, 1.807) is 26.2 Å². The lowest BCUT2D eigenvalue weighted by molar-refractivity contribution is -0.162. The van der Waals surface area contributed by atoms with Crippen LogP contribution in [0.1, 0.15) is 57.0 Å². The molecule has 0 aliphatic carbocycles. The monoisotopic (exact) mass is 997 g/mol. The van der Waals surface area contributed by atoms with Gasteiger partial charge >= 0.3 is 23.9 Å². The smallest absolute Gasteiger partial charge is 0.361 e. The van der Waals surface area contributed by atoms with Gasteiger partial charge in [-0.25, -0.2) is 14.6 Å². The first-order chi connectivity index (χ1) is 32.5. The number of carboxylic acid groups (broad SMARTS) is 1. The van der Waals surface area contributed by atoms with Crippen LogP contribution in [0.3, 0.4) is 0 Å². The summed E-state index contributed by atoms with van der Waals surface area (Å²) >= 11 is 9.22. The third kappa shape index (κ3) is 11.0. The number of amides is 2. The first-order valence-corrected chi connectivity index (χ1v) is 24.1. The van der Waals surface area contributed by atoms with Crippen molar-refractivity contribution in [3.8, 4) is 11.5 Å². The van der Waals surface area contributed by atoms with Crippen LogP contribution in [0.15, 0.2) is 136 Å². The molecule has 68 heavy (non-hydrogen) atoms.